The zero-order valence-corrected chi connectivity index (χ0v) is 21.5. The molecule has 7 nitrogen and oxygen atoms in total. The number of anilines is 1. The molecule has 41 heavy (non-hydrogen) atoms. The number of nitrogens with zero attached hydrogens (tertiary/aromatic N) is 2. The summed E-state index contributed by atoms with van der Waals surface area (Å²) < 4.78 is 75.2. The minimum atomic E-state index is -4.89. The molecule has 2 aliphatic rings. The number of hydrogen-bond donors (Lipinski definition) is 2. The van der Waals surface area contributed by atoms with Crippen molar-refractivity contribution in [3.63, 3.8) is 0 Å². The number of ether oxygens (including phenoxy) is 1. The molecule has 1 fully saturated rings. The van der Waals surface area contributed by atoms with Crippen LogP contribution in [0.1, 0.15) is 49.5 Å². The molecule has 1 aromatic heterocycles. The fourth-order valence-corrected chi connectivity index (χ4v) is 5.16. The largest absolute Gasteiger partial charge is 0.416 e. The lowest BCUT2D eigenvalue weighted by molar-refractivity contribution is -0.137. The standard InChI is InChI=1S/C28H18ClF5N4O3/c29-21-2-1-16(30)10-19(21)25-24-20(27(40)37-25)7-13(23-3-4-35-38(23)18-11-41-12-18)8-22(24)36-26(39)14-5-15(28(32,33)34)9-17(31)6-14/h1-10,18,25H,11-12H2,(H,36,39)(H,37,40). The summed E-state index contributed by atoms with van der Waals surface area (Å²) in [7, 11) is 0. The molecule has 3 heterocycles. The summed E-state index contributed by atoms with van der Waals surface area (Å²) in [5.74, 6) is -3.48. The maximum atomic E-state index is 14.2. The Morgan fingerprint density at radius 3 is 2.54 bits per heavy atom. The van der Waals surface area contributed by atoms with E-state index in [1.54, 1.807) is 23.0 Å². The fourth-order valence-electron chi connectivity index (χ4n) is 4.93. The minimum absolute atomic E-state index is 0.0293. The van der Waals surface area contributed by atoms with E-state index in [4.69, 9.17) is 16.3 Å². The first-order chi connectivity index (χ1) is 19.5. The number of amides is 2. The summed E-state index contributed by atoms with van der Waals surface area (Å²) in [6.07, 6.45) is -3.34. The van der Waals surface area contributed by atoms with Crippen molar-refractivity contribution in [2.24, 2.45) is 0 Å². The predicted molar refractivity (Wildman–Crippen MR) is 138 cm³/mol. The first-order valence-electron chi connectivity index (χ1n) is 12.2. The van der Waals surface area contributed by atoms with Gasteiger partial charge in [0, 0.05) is 44.7 Å². The van der Waals surface area contributed by atoms with Gasteiger partial charge in [0.25, 0.3) is 11.8 Å². The Bertz CT molecular complexity index is 1720. The highest BCUT2D eigenvalue weighted by Crippen LogP contribution is 2.42. The van der Waals surface area contributed by atoms with Gasteiger partial charge in [0.2, 0.25) is 0 Å². The number of hydrogen-bond acceptors (Lipinski definition) is 4. The number of rotatable bonds is 5. The van der Waals surface area contributed by atoms with Crippen LogP contribution in [0.4, 0.5) is 27.6 Å². The summed E-state index contributed by atoms with van der Waals surface area (Å²) in [6.45, 7) is 0.843. The average molecular weight is 589 g/mol. The third kappa shape index (κ3) is 4.93. The van der Waals surface area contributed by atoms with E-state index in [9.17, 15) is 31.5 Å². The Balaban J connectivity index is 1.49. The van der Waals surface area contributed by atoms with E-state index in [1.807, 2.05) is 0 Å². The lowest BCUT2D eigenvalue weighted by atomic mass is 9.93. The van der Waals surface area contributed by atoms with Gasteiger partial charge in [0.05, 0.1) is 36.6 Å². The molecule has 13 heteroatoms. The van der Waals surface area contributed by atoms with Crippen LogP contribution >= 0.6 is 11.6 Å². The van der Waals surface area contributed by atoms with Gasteiger partial charge >= 0.3 is 6.18 Å². The zero-order valence-electron chi connectivity index (χ0n) is 20.7. The van der Waals surface area contributed by atoms with Crippen LogP contribution in [0.5, 0.6) is 0 Å². The molecule has 1 saturated heterocycles. The van der Waals surface area contributed by atoms with Gasteiger partial charge in [-0.05, 0) is 54.6 Å². The van der Waals surface area contributed by atoms with Gasteiger partial charge in [0.1, 0.15) is 11.6 Å². The summed E-state index contributed by atoms with van der Waals surface area (Å²) >= 11 is 6.34. The third-order valence-electron chi connectivity index (χ3n) is 6.93. The van der Waals surface area contributed by atoms with Gasteiger partial charge in [-0.15, -0.1) is 0 Å². The lowest BCUT2D eigenvalue weighted by Crippen LogP contribution is -2.31. The van der Waals surface area contributed by atoms with Crippen molar-refractivity contribution in [3.8, 4) is 11.3 Å². The molecule has 0 radical (unpaired) electrons. The number of alkyl halides is 3. The number of benzene rings is 3. The van der Waals surface area contributed by atoms with Crippen LogP contribution in [-0.4, -0.2) is 34.8 Å². The van der Waals surface area contributed by atoms with Gasteiger partial charge < -0.3 is 15.4 Å². The second-order valence-electron chi connectivity index (χ2n) is 9.59. The molecule has 3 aromatic carbocycles. The van der Waals surface area contributed by atoms with E-state index in [-0.39, 0.29) is 39.5 Å². The van der Waals surface area contributed by atoms with Crippen LogP contribution in [0.2, 0.25) is 5.02 Å². The number of fused-ring (bicyclic) bond motifs is 1. The maximum absolute atomic E-state index is 14.2. The van der Waals surface area contributed by atoms with Gasteiger partial charge in [-0.2, -0.15) is 18.3 Å². The van der Waals surface area contributed by atoms with Gasteiger partial charge in [0.15, 0.2) is 0 Å². The van der Waals surface area contributed by atoms with Crippen molar-refractivity contribution in [3.05, 3.63) is 105 Å². The van der Waals surface area contributed by atoms with Crippen molar-refractivity contribution < 1.29 is 36.3 Å². The number of halogens is 6. The molecule has 1 unspecified atom stereocenters. The normalized spacial score (nSPS) is 16.7. The quantitative estimate of drug-likeness (QED) is 0.274. The van der Waals surface area contributed by atoms with Crippen LogP contribution < -0.4 is 10.6 Å². The minimum Gasteiger partial charge on any atom is -0.377 e. The number of carbonyl (C=O) groups excluding carboxylic acids is 2. The molecule has 210 valence electrons. The van der Waals surface area contributed by atoms with Gasteiger partial charge in [-0.1, -0.05) is 11.6 Å². The monoisotopic (exact) mass is 588 g/mol. The summed E-state index contributed by atoms with van der Waals surface area (Å²) in [4.78, 5) is 26.4. The Hall–Kier alpha value is -4.29. The summed E-state index contributed by atoms with van der Waals surface area (Å²) in [5, 5.41) is 9.74. The van der Waals surface area contributed by atoms with Crippen LogP contribution in [0.3, 0.4) is 0 Å². The van der Waals surface area contributed by atoms with Crippen LogP contribution in [0.25, 0.3) is 11.3 Å². The van der Waals surface area contributed by atoms with E-state index in [1.165, 1.54) is 12.1 Å². The first kappa shape index (κ1) is 26.9. The average Bonchev–Trinajstić information content (AvgIpc) is 3.48. The molecule has 1 atom stereocenters. The number of carbonyl (C=O) groups is 2. The first-order valence-corrected chi connectivity index (χ1v) is 12.6. The number of aromatic nitrogens is 2. The van der Waals surface area contributed by atoms with Crippen molar-refractivity contribution in [1.82, 2.24) is 15.1 Å². The molecule has 0 saturated carbocycles. The van der Waals surface area contributed by atoms with E-state index in [0.717, 1.165) is 12.1 Å². The SMILES string of the molecule is O=C(Nc1cc(-c2ccnn2C2COC2)cc2c1C(c1cc(F)ccc1Cl)NC2=O)c1cc(F)cc(C(F)(F)F)c1. The molecular formula is C28H18ClF5N4O3. The number of nitrogens with one attached hydrogen (secondary N) is 2. The van der Waals surface area contributed by atoms with E-state index in [2.05, 4.69) is 15.7 Å². The van der Waals surface area contributed by atoms with Crippen LogP contribution in [-0.2, 0) is 10.9 Å². The molecule has 4 aromatic rings. The molecule has 6 rings (SSSR count). The smallest absolute Gasteiger partial charge is 0.377 e. The van der Waals surface area contributed by atoms with Gasteiger partial charge in [-0.25, -0.2) is 8.78 Å². The van der Waals surface area contributed by atoms with Crippen LogP contribution in [0, 0.1) is 11.6 Å². The Morgan fingerprint density at radius 1 is 1.05 bits per heavy atom. The molecule has 0 aliphatic carbocycles. The Morgan fingerprint density at radius 2 is 1.83 bits per heavy atom. The van der Waals surface area contributed by atoms with E-state index >= 15 is 0 Å². The van der Waals surface area contributed by atoms with Gasteiger partial charge in [-0.3, -0.25) is 14.3 Å². The molecule has 2 amide bonds. The highest BCUT2D eigenvalue weighted by atomic mass is 35.5. The second kappa shape index (κ2) is 9.96. The Kier molecular flexibility index (Phi) is 6.54. The zero-order chi connectivity index (χ0) is 29.1. The van der Waals surface area contributed by atoms with E-state index in [0.29, 0.717) is 36.6 Å². The lowest BCUT2D eigenvalue weighted by Gasteiger charge is -2.28. The molecule has 0 bridgehead atoms. The summed E-state index contributed by atoms with van der Waals surface area (Å²) in [5.41, 5.74) is -0.326. The van der Waals surface area contributed by atoms with Crippen molar-refractivity contribution in [2.75, 3.05) is 18.5 Å². The highest BCUT2D eigenvalue weighted by molar-refractivity contribution is 6.31. The maximum Gasteiger partial charge on any atom is 0.416 e. The van der Waals surface area contributed by atoms with Crippen molar-refractivity contribution in [1.29, 1.82) is 0 Å². The third-order valence-corrected chi connectivity index (χ3v) is 7.27. The van der Waals surface area contributed by atoms with E-state index < -0.39 is 46.8 Å². The fraction of sp³-hybridized carbons (Fsp3) is 0.179. The van der Waals surface area contributed by atoms with Crippen molar-refractivity contribution in [2.45, 2.75) is 18.3 Å². The topological polar surface area (TPSA) is 85.2 Å². The highest BCUT2D eigenvalue weighted by Gasteiger charge is 2.36. The van der Waals surface area contributed by atoms with Crippen molar-refractivity contribution >= 4 is 29.1 Å². The predicted octanol–water partition coefficient (Wildman–Crippen LogP) is 6.16. The summed E-state index contributed by atoms with van der Waals surface area (Å²) in [6, 6.07) is 8.79. The van der Waals surface area contributed by atoms with Crippen LogP contribution in [0.15, 0.2) is 60.8 Å². The molecule has 2 N–H and O–H groups in total. The second-order valence-corrected chi connectivity index (χ2v) is 10.00. The molecule has 2 aliphatic heterocycles. The molecular weight excluding hydrogens is 571 g/mol. The Labute approximate surface area is 233 Å². The molecule has 0 spiro atoms.